The van der Waals surface area contributed by atoms with Crippen molar-refractivity contribution in [3.63, 3.8) is 0 Å². The minimum Gasteiger partial charge on any atom is -0.455 e. The van der Waals surface area contributed by atoms with E-state index in [-0.39, 0.29) is 5.92 Å². The molecule has 0 aliphatic heterocycles. The van der Waals surface area contributed by atoms with Crippen LogP contribution in [0.25, 0.3) is 0 Å². The fraction of sp³-hybridized carbons (Fsp3) is 0.571. The summed E-state index contributed by atoms with van der Waals surface area (Å²) in [6.07, 6.45) is 5.13. The topological polar surface area (TPSA) is 52.6 Å². The van der Waals surface area contributed by atoms with Gasteiger partial charge in [-0.1, -0.05) is 26.5 Å². The summed E-state index contributed by atoms with van der Waals surface area (Å²) >= 11 is 0. The van der Waals surface area contributed by atoms with E-state index in [2.05, 4.69) is 13.2 Å². The Bertz CT molecular complexity index is 335. The van der Waals surface area contributed by atoms with Crippen molar-refractivity contribution >= 4 is 11.9 Å². The van der Waals surface area contributed by atoms with Crippen molar-refractivity contribution < 1.29 is 19.1 Å². The van der Waals surface area contributed by atoms with Gasteiger partial charge >= 0.3 is 11.9 Å². The number of carbonyl (C=O) groups is 2. The molecule has 0 N–H and O–H groups in total. The highest BCUT2D eigenvalue weighted by atomic mass is 16.6. The SMILES string of the molecule is C=CC(=O)OC1CCCCC(C)C1OC(=O)C=C. The largest absolute Gasteiger partial charge is 0.455 e. The van der Waals surface area contributed by atoms with Crippen LogP contribution in [0.4, 0.5) is 0 Å². The second-order valence-electron chi connectivity index (χ2n) is 4.55. The van der Waals surface area contributed by atoms with Crippen molar-refractivity contribution in [2.45, 2.75) is 44.8 Å². The Morgan fingerprint density at radius 1 is 1.06 bits per heavy atom. The fourth-order valence-electron chi connectivity index (χ4n) is 2.20. The Hall–Kier alpha value is -1.58. The van der Waals surface area contributed by atoms with E-state index in [1.54, 1.807) is 0 Å². The monoisotopic (exact) mass is 252 g/mol. The highest BCUT2D eigenvalue weighted by molar-refractivity contribution is 5.82. The van der Waals surface area contributed by atoms with Crippen molar-refractivity contribution in [1.82, 2.24) is 0 Å². The van der Waals surface area contributed by atoms with Crippen LogP contribution in [0.3, 0.4) is 0 Å². The fourth-order valence-corrected chi connectivity index (χ4v) is 2.20. The van der Waals surface area contributed by atoms with Gasteiger partial charge in [-0.05, 0) is 25.2 Å². The summed E-state index contributed by atoms with van der Waals surface area (Å²) in [5, 5.41) is 0. The van der Waals surface area contributed by atoms with Gasteiger partial charge in [0, 0.05) is 12.2 Å². The van der Waals surface area contributed by atoms with Crippen molar-refractivity contribution in [2.75, 3.05) is 0 Å². The molecule has 3 atom stereocenters. The molecule has 0 amide bonds. The molecule has 1 rings (SSSR count). The van der Waals surface area contributed by atoms with E-state index in [0.29, 0.717) is 6.42 Å². The van der Waals surface area contributed by atoms with Crippen LogP contribution >= 0.6 is 0 Å². The Kier molecular flexibility index (Phi) is 5.62. The molecule has 18 heavy (non-hydrogen) atoms. The van der Waals surface area contributed by atoms with Gasteiger partial charge < -0.3 is 9.47 Å². The summed E-state index contributed by atoms with van der Waals surface area (Å²) < 4.78 is 10.6. The second kappa shape index (κ2) is 6.99. The smallest absolute Gasteiger partial charge is 0.330 e. The number of carbonyl (C=O) groups excluding carboxylic acids is 2. The van der Waals surface area contributed by atoms with Crippen molar-refractivity contribution in [1.29, 1.82) is 0 Å². The molecule has 1 aliphatic rings. The zero-order valence-corrected chi connectivity index (χ0v) is 10.8. The van der Waals surface area contributed by atoms with Crippen LogP contribution in [0.15, 0.2) is 25.3 Å². The summed E-state index contributed by atoms with van der Waals surface area (Å²) in [5.74, 6) is -0.791. The quantitative estimate of drug-likeness (QED) is 0.438. The molecular formula is C14H20O4. The van der Waals surface area contributed by atoms with Crippen molar-refractivity contribution in [3.05, 3.63) is 25.3 Å². The van der Waals surface area contributed by atoms with E-state index < -0.39 is 24.1 Å². The first-order valence-corrected chi connectivity index (χ1v) is 6.24. The molecule has 100 valence electrons. The Balaban J connectivity index is 2.78. The average molecular weight is 252 g/mol. The lowest BCUT2D eigenvalue weighted by Gasteiger charge is -2.28. The molecule has 0 aromatic carbocycles. The van der Waals surface area contributed by atoms with Crippen molar-refractivity contribution in [3.8, 4) is 0 Å². The van der Waals surface area contributed by atoms with Crippen LogP contribution in [-0.2, 0) is 19.1 Å². The Morgan fingerprint density at radius 3 is 2.22 bits per heavy atom. The summed E-state index contributed by atoms with van der Waals surface area (Å²) in [5.41, 5.74) is 0. The maximum atomic E-state index is 11.3. The standard InChI is InChI=1S/C14H20O4/c1-4-12(15)17-11-9-7-6-8-10(3)14(11)18-13(16)5-2/h4-5,10-11,14H,1-2,6-9H2,3H3. The lowest BCUT2D eigenvalue weighted by Crippen LogP contribution is -2.38. The van der Waals surface area contributed by atoms with Crippen LogP contribution < -0.4 is 0 Å². The first kappa shape index (κ1) is 14.5. The van der Waals surface area contributed by atoms with Gasteiger partial charge in [-0.3, -0.25) is 0 Å². The predicted molar refractivity (Wildman–Crippen MR) is 67.8 cm³/mol. The predicted octanol–water partition coefficient (Wildman–Crippen LogP) is 2.39. The van der Waals surface area contributed by atoms with E-state index in [1.807, 2.05) is 6.92 Å². The molecule has 4 nitrogen and oxygen atoms in total. The third-order valence-corrected chi connectivity index (χ3v) is 3.18. The minimum absolute atomic E-state index is 0.166. The Labute approximate surface area is 108 Å². The number of hydrogen-bond acceptors (Lipinski definition) is 4. The first-order valence-electron chi connectivity index (χ1n) is 6.24. The molecule has 1 aliphatic carbocycles. The van der Waals surface area contributed by atoms with Crippen LogP contribution in [0.1, 0.15) is 32.6 Å². The van der Waals surface area contributed by atoms with Gasteiger partial charge in [0.05, 0.1) is 0 Å². The molecule has 0 spiro atoms. The van der Waals surface area contributed by atoms with Crippen molar-refractivity contribution in [2.24, 2.45) is 5.92 Å². The molecule has 0 bridgehead atoms. The van der Waals surface area contributed by atoms with Gasteiger partial charge in [0.25, 0.3) is 0 Å². The second-order valence-corrected chi connectivity index (χ2v) is 4.55. The highest BCUT2D eigenvalue weighted by Gasteiger charge is 2.34. The number of hydrogen-bond donors (Lipinski definition) is 0. The summed E-state index contributed by atoms with van der Waals surface area (Å²) in [4.78, 5) is 22.6. The molecule has 3 unspecified atom stereocenters. The summed E-state index contributed by atoms with van der Waals surface area (Å²) in [6, 6.07) is 0. The summed E-state index contributed by atoms with van der Waals surface area (Å²) in [6.45, 7) is 8.75. The third kappa shape index (κ3) is 4.02. The molecule has 0 saturated heterocycles. The van der Waals surface area contributed by atoms with Gasteiger partial charge in [0.15, 0.2) is 0 Å². The minimum atomic E-state index is -0.478. The van der Waals surface area contributed by atoms with E-state index in [0.717, 1.165) is 31.4 Å². The number of rotatable bonds is 4. The van der Waals surface area contributed by atoms with Gasteiger partial charge in [-0.2, -0.15) is 0 Å². The third-order valence-electron chi connectivity index (χ3n) is 3.18. The Morgan fingerprint density at radius 2 is 1.61 bits per heavy atom. The molecule has 1 saturated carbocycles. The maximum absolute atomic E-state index is 11.3. The highest BCUT2D eigenvalue weighted by Crippen LogP contribution is 2.28. The van der Waals surface area contributed by atoms with Gasteiger partial charge in [-0.25, -0.2) is 9.59 Å². The van der Waals surface area contributed by atoms with Crippen LogP contribution in [0, 0.1) is 5.92 Å². The maximum Gasteiger partial charge on any atom is 0.330 e. The molecular weight excluding hydrogens is 232 g/mol. The summed E-state index contributed by atoms with van der Waals surface area (Å²) in [7, 11) is 0. The van der Waals surface area contributed by atoms with Gasteiger partial charge in [0.1, 0.15) is 12.2 Å². The number of esters is 2. The van der Waals surface area contributed by atoms with Gasteiger partial charge in [0.2, 0.25) is 0 Å². The lowest BCUT2D eigenvalue weighted by atomic mass is 9.98. The average Bonchev–Trinajstić information content (AvgIpc) is 2.53. The van der Waals surface area contributed by atoms with Crippen LogP contribution in [0.5, 0.6) is 0 Å². The van der Waals surface area contributed by atoms with E-state index in [1.165, 1.54) is 0 Å². The molecule has 0 aromatic heterocycles. The van der Waals surface area contributed by atoms with E-state index >= 15 is 0 Å². The van der Waals surface area contributed by atoms with Crippen LogP contribution in [0.2, 0.25) is 0 Å². The molecule has 1 fully saturated rings. The zero-order valence-electron chi connectivity index (χ0n) is 10.8. The molecule has 4 heteroatoms. The molecule has 0 heterocycles. The first-order chi connectivity index (χ1) is 8.58. The molecule has 0 radical (unpaired) electrons. The normalized spacial score (nSPS) is 27.7. The zero-order chi connectivity index (χ0) is 13.5. The van der Waals surface area contributed by atoms with E-state index in [4.69, 9.17) is 9.47 Å². The molecule has 0 aromatic rings. The van der Waals surface area contributed by atoms with E-state index in [9.17, 15) is 9.59 Å². The van der Waals surface area contributed by atoms with Crippen LogP contribution in [-0.4, -0.2) is 24.1 Å². The number of ether oxygens (including phenoxy) is 2. The van der Waals surface area contributed by atoms with Gasteiger partial charge in [-0.15, -0.1) is 0 Å². The lowest BCUT2D eigenvalue weighted by molar-refractivity contribution is -0.165.